The number of halogens is 2. The highest BCUT2D eigenvalue weighted by Crippen LogP contribution is 2.27. The predicted molar refractivity (Wildman–Crippen MR) is 75.2 cm³/mol. The average Bonchev–Trinajstić information content (AvgIpc) is 2.81. The van der Waals surface area contributed by atoms with Crippen LogP contribution in [0.15, 0.2) is 29.0 Å². The average molecular weight is 344 g/mol. The molecule has 0 aliphatic heterocycles. The van der Waals surface area contributed by atoms with Gasteiger partial charge >= 0.3 is 0 Å². The van der Waals surface area contributed by atoms with Gasteiger partial charge in [-0.3, -0.25) is 15.5 Å². The molecule has 0 saturated carbocycles. The van der Waals surface area contributed by atoms with Crippen LogP contribution in [0.2, 0.25) is 0 Å². The standard InChI is InChI=1S/C12H15BrFN5O/c1-20-5-4-19-12(9(13)7-17-19)11(18-15)10-3-2-8(14)6-16-10/h2-3,6-7,11,18H,4-5,15H2,1H3. The Morgan fingerprint density at radius 2 is 2.30 bits per heavy atom. The Balaban J connectivity index is 2.35. The van der Waals surface area contributed by atoms with Crippen molar-refractivity contribution >= 4 is 15.9 Å². The van der Waals surface area contributed by atoms with Crippen LogP contribution in [0.3, 0.4) is 0 Å². The summed E-state index contributed by atoms with van der Waals surface area (Å²) < 4.78 is 20.6. The van der Waals surface area contributed by atoms with Crippen LogP contribution in [0.5, 0.6) is 0 Å². The topological polar surface area (TPSA) is 78.0 Å². The molecule has 0 fully saturated rings. The van der Waals surface area contributed by atoms with Crippen LogP contribution in [-0.4, -0.2) is 28.5 Å². The van der Waals surface area contributed by atoms with Gasteiger partial charge in [0.05, 0.1) is 41.4 Å². The van der Waals surface area contributed by atoms with Crippen molar-refractivity contribution in [2.45, 2.75) is 12.6 Å². The van der Waals surface area contributed by atoms with Crippen LogP contribution in [0.25, 0.3) is 0 Å². The molecule has 0 aromatic carbocycles. The summed E-state index contributed by atoms with van der Waals surface area (Å²) in [6.07, 6.45) is 2.84. The van der Waals surface area contributed by atoms with Gasteiger partial charge in [0.15, 0.2) is 0 Å². The number of rotatable bonds is 6. The molecule has 1 atom stereocenters. The smallest absolute Gasteiger partial charge is 0.141 e. The minimum absolute atomic E-state index is 0.392. The van der Waals surface area contributed by atoms with Gasteiger partial charge in [0.1, 0.15) is 11.9 Å². The maximum atomic E-state index is 13.0. The molecule has 1 unspecified atom stereocenters. The second-order valence-electron chi connectivity index (χ2n) is 4.09. The van der Waals surface area contributed by atoms with Gasteiger partial charge in [-0.1, -0.05) is 0 Å². The molecular formula is C12H15BrFN5O. The van der Waals surface area contributed by atoms with E-state index in [1.807, 2.05) is 0 Å². The lowest BCUT2D eigenvalue weighted by Gasteiger charge is -2.18. The molecule has 6 nitrogen and oxygen atoms in total. The number of nitrogens with zero attached hydrogens (tertiary/aromatic N) is 3. The summed E-state index contributed by atoms with van der Waals surface area (Å²) in [5.41, 5.74) is 4.10. The number of hydrazine groups is 1. The normalized spacial score (nSPS) is 12.6. The number of nitrogens with one attached hydrogen (secondary N) is 1. The van der Waals surface area contributed by atoms with E-state index in [0.29, 0.717) is 18.8 Å². The fourth-order valence-electron chi connectivity index (χ4n) is 1.88. The summed E-state index contributed by atoms with van der Waals surface area (Å²) >= 11 is 3.44. The van der Waals surface area contributed by atoms with Crippen molar-refractivity contribution in [3.8, 4) is 0 Å². The van der Waals surface area contributed by atoms with Gasteiger partial charge in [-0.15, -0.1) is 0 Å². The minimum Gasteiger partial charge on any atom is -0.383 e. The summed E-state index contributed by atoms with van der Waals surface area (Å²) in [7, 11) is 1.62. The molecular weight excluding hydrogens is 329 g/mol. The van der Waals surface area contributed by atoms with Gasteiger partial charge in [0.2, 0.25) is 0 Å². The Morgan fingerprint density at radius 1 is 1.50 bits per heavy atom. The van der Waals surface area contributed by atoms with Crippen LogP contribution in [0.1, 0.15) is 17.4 Å². The highest BCUT2D eigenvalue weighted by Gasteiger charge is 2.22. The van der Waals surface area contributed by atoms with Gasteiger partial charge in [-0.25, -0.2) is 9.82 Å². The van der Waals surface area contributed by atoms with Crippen molar-refractivity contribution in [2.24, 2.45) is 5.84 Å². The molecule has 108 valence electrons. The van der Waals surface area contributed by atoms with Gasteiger partial charge in [0, 0.05) is 7.11 Å². The monoisotopic (exact) mass is 343 g/mol. The lowest BCUT2D eigenvalue weighted by Crippen LogP contribution is -2.32. The molecule has 0 amide bonds. The van der Waals surface area contributed by atoms with Gasteiger partial charge in [-0.05, 0) is 28.1 Å². The van der Waals surface area contributed by atoms with Crippen LogP contribution in [-0.2, 0) is 11.3 Å². The van der Waals surface area contributed by atoms with Crippen molar-refractivity contribution in [3.05, 3.63) is 46.2 Å². The fourth-order valence-corrected chi connectivity index (χ4v) is 2.40. The summed E-state index contributed by atoms with van der Waals surface area (Å²) in [5, 5.41) is 4.26. The second kappa shape index (κ2) is 6.89. The number of nitrogens with two attached hydrogens (primary N) is 1. The van der Waals surface area contributed by atoms with Crippen molar-refractivity contribution in [1.29, 1.82) is 0 Å². The van der Waals surface area contributed by atoms with Crippen LogP contribution in [0.4, 0.5) is 4.39 Å². The maximum Gasteiger partial charge on any atom is 0.141 e. The number of pyridine rings is 1. The summed E-state index contributed by atoms with van der Waals surface area (Å²) in [6.45, 7) is 1.10. The van der Waals surface area contributed by atoms with Gasteiger partial charge in [0.25, 0.3) is 0 Å². The van der Waals surface area contributed by atoms with Crippen LogP contribution >= 0.6 is 15.9 Å². The van der Waals surface area contributed by atoms with E-state index in [4.69, 9.17) is 10.6 Å². The zero-order chi connectivity index (χ0) is 14.5. The zero-order valence-corrected chi connectivity index (χ0v) is 12.5. The minimum atomic E-state index is -0.399. The first-order valence-electron chi connectivity index (χ1n) is 5.95. The Bertz CT molecular complexity index is 559. The van der Waals surface area contributed by atoms with Crippen LogP contribution in [0, 0.1) is 5.82 Å². The Labute approximate surface area is 124 Å². The molecule has 0 bridgehead atoms. The number of hydrogen-bond donors (Lipinski definition) is 2. The van der Waals surface area contributed by atoms with E-state index in [-0.39, 0.29) is 0 Å². The maximum absolute atomic E-state index is 13.0. The molecule has 20 heavy (non-hydrogen) atoms. The third kappa shape index (κ3) is 3.21. The van der Waals surface area contributed by atoms with Crippen molar-refractivity contribution < 1.29 is 9.13 Å². The largest absolute Gasteiger partial charge is 0.383 e. The highest BCUT2D eigenvalue weighted by atomic mass is 79.9. The molecule has 0 spiro atoms. The van der Waals surface area contributed by atoms with E-state index in [0.717, 1.165) is 16.4 Å². The molecule has 0 saturated heterocycles. The lowest BCUT2D eigenvalue weighted by molar-refractivity contribution is 0.182. The highest BCUT2D eigenvalue weighted by molar-refractivity contribution is 9.10. The molecule has 0 aliphatic rings. The Morgan fingerprint density at radius 3 is 2.90 bits per heavy atom. The molecule has 3 N–H and O–H groups in total. The molecule has 0 aliphatic carbocycles. The fraction of sp³-hybridized carbons (Fsp3) is 0.333. The van der Waals surface area contributed by atoms with Crippen LogP contribution < -0.4 is 11.3 Å². The molecule has 2 heterocycles. The first-order valence-corrected chi connectivity index (χ1v) is 6.74. The third-order valence-electron chi connectivity index (χ3n) is 2.83. The first-order chi connectivity index (χ1) is 9.67. The third-order valence-corrected chi connectivity index (χ3v) is 3.44. The van der Waals surface area contributed by atoms with Crippen molar-refractivity contribution in [1.82, 2.24) is 20.2 Å². The number of hydrogen-bond acceptors (Lipinski definition) is 5. The summed E-state index contributed by atoms with van der Waals surface area (Å²) in [5.74, 6) is 5.23. The van der Waals surface area contributed by atoms with Crippen molar-refractivity contribution in [2.75, 3.05) is 13.7 Å². The van der Waals surface area contributed by atoms with E-state index >= 15 is 0 Å². The second-order valence-corrected chi connectivity index (χ2v) is 4.95. The molecule has 2 aromatic heterocycles. The molecule has 2 rings (SSSR count). The molecule has 0 radical (unpaired) electrons. The van der Waals surface area contributed by atoms with E-state index in [2.05, 4.69) is 31.4 Å². The first kappa shape index (κ1) is 15.0. The number of ether oxygens (including phenoxy) is 1. The zero-order valence-electron chi connectivity index (χ0n) is 10.9. The molecule has 8 heteroatoms. The molecule has 2 aromatic rings. The SMILES string of the molecule is COCCn1ncc(Br)c1C(NN)c1ccc(F)cn1. The lowest BCUT2D eigenvalue weighted by atomic mass is 10.1. The predicted octanol–water partition coefficient (Wildman–Crippen LogP) is 1.38. The number of methoxy groups -OCH3 is 1. The van der Waals surface area contributed by atoms with E-state index < -0.39 is 11.9 Å². The van der Waals surface area contributed by atoms with Gasteiger partial charge < -0.3 is 4.74 Å². The Kier molecular flexibility index (Phi) is 5.18. The summed E-state index contributed by atoms with van der Waals surface area (Å²) in [4.78, 5) is 4.06. The van der Waals surface area contributed by atoms with E-state index in [1.54, 1.807) is 24.1 Å². The Hall–Kier alpha value is -1.35. The van der Waals surface area contributed by atoms with Crippen molar-refractivity contribution in [3.63, 3.8) is 0 Å². The quantitative estimate of drug-likeness (QED) is 0.612. The summed E-state index contributed by atoms with van der Waals surface area (Å²) in [6, 6.07) is 2.53. The van der Waals surface area contributed by atoms with Gasteiger partial charge in [-0.2, -0.15) is 5.10 Å². The number of aromatic nitrogens is 3. The van der Waals surface area contributed by atoms with E-state index in [9.17, 15) is 4.39 Å². The van der Waals surface area contributed by atoms with E-state index in [1.165, 1.54) is 6.07 Å².